The quantitative estimate of drug-likeness (QED) is 0.134. The van der Waals surface area contributed by atoms with Crippen LogP contribution in [0.1, 0.15) is 64.2 Å². The van der Waals surface area contributed by atoms with Crippen molar-refractivity contribution in [2.45, 2.75) is 82.7 Å². The molecule has 0 aliphatic carbocycles. The number of hydrogen-bond acceptors (Lipinski definition) is 11. The van der Waals surface area contributed by atoms with E-state index in [-0.39, 0.29) is 41.9 Å². The molecule has 314 valence electrons. The van der Waals surface area contributed by atoms with E-state index >= 15 is 0 Å². The van der Waals surface area contributed by atoms with Crippen LogP contribution in [0.2, 0.25) is 0 Å². The fraction of sp³-hybridized carbons (Fsp3) is 0.452. The number of benzene rings is 3. The third-order valence-corrected chi connectivity index (χ3v) is 11.6. The Morgan fingerprint density at radius 1 is 1.02 bits per heavy atom. The van der Waals surface area contributed by atoms with Crippen molar-refractivity contribution in [3.8, 4) is 11.8 Å². The van der Waals surface area contributed by atoms with E-state index in [4.69, 9.17) is 17.4 Å². The Hall–Kier alpha value is -5.31. The molecule has 3 aromatic rings. The summed E-state index contributed by atoms with van der Waals surface area (Å²) in [6.45, 7) is 12.9. The number of thiol groups is 1. The third-order valence-electron chi connectivity index (χ3n) is 11.1. The minimum Gasteiger partial charge on any atom is -0.492 e. The Labute approximate surface area is 347 Å². The monoisotopic (exact) mass is 834 g/mol. The highest BCUT2D eigenvalue weighted by molar-refractivity contribution is 7.81. The first-order valence-electron chi connectivity index (χ1n) is 19.5. The summed E-state index contributed by atoms with van der Waals surface area (Å²) in [5.74, 6) is -0.574. The number of imide groups is 1. The lowest BCUT2D eigenvalue weighted by Gasteiger charge is -2.46. The zero-order chi connectivity index (χ0) is 42.9. The number of nitrogens with one attached hydrogen (secondary N) is 3. The van der Waals surface area contributed by atoms with Crippen LogP contribution >= 0.6 is 12.6 Å². The lowest BCUT2D eigenvalue weighted by molar-refractivity contribution is -0.138. The number of anilines is 4. The molecule has 4 amide bonds. The van der Waals surface area contributed by atoms with Gasteiger partial charge in [0.15, 0.2) is 5.50 Å². The lowest BCUT2D eigenvalue weighted by atomic mass is 9.98. The molecule has 0 aromatic heterocycles. The number of nitrogens with zero attached hydrogens (tertiary/aromatic N) is 5. The van der Waals surface area contributed by atoms with Crippen molar-refractivity contribution in [2.24, 2.45) is 0 Å². The molecule has 3 N–H and O–H groups in total. The number of amides is 4. The van der Waals surface area contributed by atoms with Crippen molar-refractivity contribution >= 4 is 59.0 Å². The molecule has 17 heteroatoms. The van der Waals surface area contributed by atoms with Crippen LogP contribution < -0.4 is 30.5 Å². The Morgan fingerprint density at radius 3 is 2.42 bits per heavy atom. The molecule has 3 fully saturated rings. The molecule has 3 saturated heterocycles. The molecule has 3 aliphatic heterocycles. The van der Waals surface area contributed by atoms with Gasteiger partial charge in [0.25, 0.3) is 5.91 Å². The number of hydrogen-bond donors (Lipinski definition) is 4. The van der Waals surface area contributed by atoms with Crippen LogP contribution in [0.3, 0.4) is 0 Å². The normalized spacial score (nSPS) is 20.9. The molecule has 2 atom stereocenters. The molecule has 3 aromatic carbocycles. The van der Waals surface area contributed by atoms with Crippen molar-refractivity contribution in [1.82, 2.24) is 15.1 Å². The topological polar surface area (TPSA) is 150 Å². The molecule has 6 rings (SSSR count). The summed E-state index contributed by atoms with van der Waals surface area (Å²) in [6.07, 6.45) is -3.51. The smallest absolute Gasteiger partial charge is 0.417 e. The van der Waals surface area contributed by atoms with Crippen LogP contribution in [0.25, 0.3) is 0 Å². The van der Waals surface area contributed by atoms with Crippen LogP contribution in [0.4, 0.5) is 35.9 Å². The van der Waals surface area contributed by atoms with E-state index in [2.05, 4.69) is 39.6 Å². The zero-order valence-electron chi connectivity index (χ0n) is 33.7. The van der Waals surface area contributed by atoms with Gasteiger partial charge in [-0.25, -0.2) is 0 Å². The van der Waals surface area contributed by atoms with Crippen molar-refractivity contribution in [1.29, 1.82) is 5.26 Å². The maximum Gasteiger partial charge on any atom is 0.417 e. The van der Waals surface area contributed by atoms with E-state index in [1.165, 1.54) is 11.0 Å². The number of ether oxygens (including phenoxy) is 1. The van der Waals surface area contributed by atoms with Gasteiger partial charge >= 0.3 is 6.18 Å². The third kappa shape index (κ3) is 9.45. The summed E-state index contributed by atoms with van der Waals surface area (Å²) in [5.41, 5.74) is -1.28. The highest BCUT2D eigenvalue weighted by Gasteiger charge is 2.52. The molecule has 3 heterocycles. The van der Waals surface area contributed by atoms with Crippen molar-refractivity contribution < 1.29 is 37.1 Å². The number of piperazine rings is 1. The predicted octanol–water partition coefficient (Wildman–Crippen LogP) is 5.62. The van der Waals surface area contributed by atoms with E-state index in [0.717, 1.165) is 24.2 Å². The molecular weight excluding hydrogens is 786 g/mol. The largest absolute Gasteiger partial charge is 0.492 e. The minimum atomic E-state index is -4.78. The molecular formula is C42H49F3N8O5S. The second-order valence-electron chi connectivity index (χ2n) is 16.1. The van der Waals surface area contributed by atoms with E-state index < -0.39 is 40.3 Å². The number of rotatable bonds is 12. The van der Waals surface area contributed by atoms with Gasteiger partial charge in [-0.2, -0.15) is 18.4 Å². The number of piperidine rings is 1. The van der Waals surface area contributed by atoms with Gasteiger partial charge in [0.05, 0.1) is 23.7 Å². The van der Waals surface area contributed by atoms with Gasteiger partial charge in [-0.05, 0) is 101 Å². The number of aryl methyl sites for hydroxylation is 1. The molecule has 2 unspecified atom stereocenters. The van der Waals surface area contributed by atoms with E-state index in [0.29, 0.717) is 61.9 Å². The van der Waals surface area contributed by atoms with Gasteiger partial charge in [-0.1, -0.05) is 13.0 Å². The summed E-state index contributed by atoms with van der Waals surface area (Å²) in [7, 11) is 0. The fourth-order valence-electron chi connectivity index (χ4n) is 7.91. The van der Waals surface area contributed by atoms with Crippen LogP contribution in [0.15, 0.2) is 60.7 Å². The van der Waals surface area contributed by atoms with Gasteiger partial charge in [-0.15, -0.1) is 12.6 Å². The molecule has 0 spiro atoms. The van der Waals surface area contributed by atoms with Crippen molar-refractivity contribution in [3.05, 3.63) is 77.4 Å². The Kier molecular flexibility index (Phi) is 12.6. The maximum atomic E-state index is 13.8. The number of alkyl halides is 3. The van der Waals surface area contributed by atoms with Crippen LogP contribution in [0, 0.1) is 11.3 Å². The first-order chi connectivity index (χ1) is 27.8. The number of nitriles is 1. The first kappa shape index (κ1) is 43.3. The van der Waals surface area contributed by atoms with E-state index in [1.807, 2.05) is 25.1 Å². The Balaban J connectivity index is 1.03. The average Bonchev–Trinajstić information content (AvgIpc) is 3.35. The minimum absolute atomic E-state index is 0.0105. The first-order valence-corrected chi connectivity index (χ1v) is 20.0. The van der Waals surface area contributed by atoms with Gasteiger partial charge < -0.3 is 20.3 Å². The lowest BCUT2D eigenvalue weighted by Crippen LogP contribution is -2.61. The highest BCUT2D eigenvalue weighted by atomic mass is 32.1. The van der Waals surface area contributed by atoms with Crippen LogP contribution in [-0.4, -0.2) is 95.4 Å². The summed E-state index contributed by atoms with van der Waals surface area (Å²) >= 11 is 4.73. The highest BCUT2D eigenvalue weighted by Crippen LogP contribution is 2.43. The number of halogens is 3. The summed E-state index contributed by atoms with van der Waals surface area (Å²) in [4.78, 5) is 58.0. The van der Waals surface area contributed by atoms with Gasteiger partial charge in [-0.3, -0.25) is 39.2 Å². The molecule has 0 bridgehead atoms. The number of carbonyl (C=O) groups excluding carboxylic acids is 4. The van der Waals surface area contributed by atoms with Crippen molar-refractivity contribution in [2.75, 3.05) is 59.8 Å². The van der Waals surface area contributed by atoms with E-state index in [9.17, 15) is 37.6 Å². The van der Waals surface area contributed by atoms with Crippen LogP contribution in [0.5, 0.6) is 5.75 Å². The molecule has 0 radical (unpaired) electrons. The average molecular weight is 835 g/mol. The number of carbonyl (C=O) groups is 4. The van der Waals surface area contributed by atoms with Crippen molar-refractivity contribution in [3.63, 3.8) is 0 Å². The SMILES string of the molecule is CCc1cc(N2C(S)N(c3ccc(C#N)c(C(F)(F)F)c3)C(=O)C2(C)C)ccc1OCCN1CCN(CC(=O)Nc2cccc(NC3CCC(=O)NC3=O)c2)C(C)(C)C1. The fourth-order valence-corrected chi connectivity index (χ4v) is 8.57. The van der Waals surface area contributed by atoms with Gasteiger partial charge in [0.1, 0.15) is 23.9 Å². The standard InChI is InChI=1S/C42H49F3N8O5S/c1-6-26-20-31(53-39(59)52(38(57)41(53,4)5)30-11-10-27(23-46)32(22-30)42(43,44)45)12-14-34(26)58-19-18-50-16-17-51(40(2,3)25-50)24-36(55)48-29-9-7-8-28(21-29)47-33-13-15-35(54)49-37(33)56/h7-12,14,20-22,33,39,47,59H,6,13,15-19,24-25H2,1-5H3,(H,48,55)(H,49,54,56). The molecule has 3 aliphatic rings. The second kappa shape index (κ2) is 17.1. The van der Waals surface area contributed by atoms with Gasteiger partial charge in [0.2, 0.25) is 17.7 Å². The van der Waals surface area contributed by atoms with E-state index in [1.54, 1.807) is 49.1 Å². The molecule has 59 heavy (non-hydrogen) atoms. The molecule has 13 nitrogen and oxygen atoms in total. The zero-order valence-corrected chi connectivity index (χ0v) is 34.5. The second-order valence-corrected chi connectivity index (χ2v) is 16.5. The predicted molar refractivity (Wildman–Crippen MR) is 221 cm³/mol. The van der Waals surface area contributed by atoms with Crippen LogP contribution in [-0.2, 0) is 31.8 Å². The summed E-state index contributed by atoms with van der Waals surface area (Å²) < 4.78 is 47.7. The Morgan fingerprint density at radius 2 is 1.75 bits per heavy atom. The molecule has 0 saturated carbocycles. The Bertz CT molecular complexity index is 2160. The summed E-state index contributed by atoms with van der Waals surface area (Å²) in [6, 6.07) is 17.0. The maximum absolute atomic E-state index is 13.8. The van der Waals surface area contributed by atoms with Gasteiger partial charge in [0, 0.05) is 60.9 Å². The summed E-state index contributed by atoms with van der Waals surface area (Å²) in [5, 5.41) is 17.7.